The van der Waals surface area contributed by atoms with Crippen molar-refractivity contribution in [1.82, 2.24) is 9.78 Å². The van der Waals surface area contributed by atoms with E-state index in [9.17, 15) is 9.18 Å². The summed E-state index contributed by atoms with van der Waals surface area (Å²) in [5.41, 5.74) is 0.871. The second-order valence-electron chi connectivity index (χ2n) is 3.51. The Kier molecular flexibility index (Phi) is 2.85. The quantitative estimate of drug-likeness (QED) is 0.896. The average molecular weight is 255 g/mol. The molecule has 0 aliphatic carbocycles. The van der Waals surface area contributed by atoms with E-state index in [4.69, 9.17) is 16.7 Å². The van der Waals surface area contributed by atoms with Crippen LogP contribution in [0.4, 0.5) is 4.39 Å². The fourth-order valence-corrected chi connectivity index (χ4v) is 1.55. The van der Waals surface area contributed by atoms with Gasteiger partial charge in [0.05, 0.1) is 10.7 Å². The van der Waals surface area contributed by atoms with Crippen LogP contribution >= 0.6 is 11.6 Å². The van der Waals surface area contributed by atoms with Crippen molar-refractivity contribution in [1.29, 1.82) is 0 Å². The van der Waals surface area contributed by atoms with Crippen LogP contribution in [0, 0.1) is 12.7 Å². The fraction of sp³-hybridized carbons (Fsp3) is 0.0909. The predicted octanol–water partition coefficient (Wildman–Crippen LogP) is 2.67. The SMILES string of the molecule is Cc1cn(-c2ccc(Cl)c(F)c2)nc1C(=O)O. The first-order valence-corrected chi connectivity index (χ1v) is 5.12. The second kappa shape index (κ2) is 4.18. The minimum absolute atomic E-state index is 0.0103. The third-order valence-electron chi connectivity index (χ3n) is 2.27. The van der Waals surface area contributed by atoms with Crippen molar-refractivity contribution in [3.63, 3.8) is 0 Å². The Morgan fingerprint density at radius 2 is 2.24 bits per heavy atom. The molecule has 0 fully saturated rings. The summed E-state index contributed by atoms with van der Waals surface area (Å²) in [6.07, 6.45) is 1.52. The zero-order valence-electron chi connectivity index (χ0n) is 8.82. The number of halogens is 2. The largest absolute Gasteiger partial charge is 0.476 e. The van der Waals surface area contributed by atoms with Gasteiger partial charge in [0.25, 0.3) is 0 Å². The van der Waals surface area contributed by atoms with Gasteiger partial charge in [0.15, 0.2) is 5.69 Å². The number of hydrogen-bond acceptors (Lipinski definition) is 2. The van der Waals surface area contributed by atoms with Gasteiger partial charge in [-0.2, -0.15) is 5.10 Å². The van der Waals surface area contributed by atoms with Crippen LogP contribution in [0.3, 0.4) is 0 Å². The average Bonchev–Trinajstić information content (AvgIpc) is 2.64. The Labute approximate surface area is 101 Å². The molecule has 0 radical (unpaired) electrons. The minimum Gasteiger partial charge on any atom is -0.476 e. The molecule has 1 aromatic heterocycles. The number of carbonyl (C=O) groups is 1. The molecule has 0 spiro atoms. The van der Waals surface area contributed by atoms with E-state index < -0.39 is 11.8 Å². The van der Waals surface area contributed by atoms with Gasteiger partial charge in [-0.1, -0.05) is 11.6 Å². The van der Waals surface area contributed by atoms with Crippen molar-refractivity contribution in [2.45, 2.75) is 6.92 Å². The number of rotatable bonds is 2. The molecule has 0 aliphatic rings. The lowest BCUT2D eigenvalue weighted by Gasteiger charge is -2.01. The van der Waals surface area contributed by atoms with E-state index in [1.807, 2.05) is 0 Å². The zero-order valence-corrected chi connectivity index (χ0v) is 9.57. The van der Waals surface area contributed by atoms with Gasteiger partial charge in [0, 0.05) is 17.8 Å². The van der Waals surface area contributed by atoms with Gasteiger partial charge >= 0.3 is 5.97 Å². The highest BCUT2D eigenvalue weighted by molar-refractivity contribution is 6.30. The minimum atomic E-state index is -1.12. The Bertz CT molecular complexity index is 595. The Hall–Kier alpha value is -1.88. The van der Waals surface area contributed by atoms with E-state index in [2.05, 4.69) is 5.10 Å². The van der Waals surface area contributed by atoms with Crippen molar-refractivity contribution < 1.29 is 14.3 Å². The summed E-state index contributed by atoms with van der Waals surface area (Å²) in [7, 11) is 0. The fourth-order valence-electron chi connectivity index (χ4n) is 1.43. The van der Waals surface area contributed by atoms with Gasteiger partial charge in [-0.3, -0.25) is 0 Å². The van der Waals surface area contributed by atoms with Gasteiger partial charge in [-0.15, -0.1) is 0 Å². The van der Waals surface area contributed by atoms with Crippen LogP contribution < -0.4 is 0 Å². The number of hydrogen-bond donors (Lipinski definition) is 1. The van der Waals surface area contributed by atoms with E-state index in [1.54, 1.807) is 13.0 Å². The van der Waals surface area contributed by atoms with Crippen LogP contribution in [0.2, 0.25) is 5.02 Å². The molecular weight excluding hydrogens is 247 g/mol. The van der Waals surface area contributed by atoms with Crippen LogP contribution in [0.1, 0.15) is 16.1 Å². The molecule has 1 aromatic carbocycles. The highest BCUT2D eigenvalue weighted by atomic mass is 35.5. The summed E-state index contributed by atoms with van der Waals surface area (Å²) in [6, 6.07) is 4.15. The monoisotopic (exact) mass is 254 g/mol. The Balaban J connectivity index is 2.50. The lowest BCUT2D eigenvalue weighted by molar-refractivity contribution is 0.0689. The van der Waals surface area contributed by atoms with Crippen molar-refractivity contribution >= 4 is 17.6 Å². The number of carboxylic acids is 1. The first-order valence-electron chi connectivity index (χ1n) is 4.74. The highest BCUT2D eigenvalue weighted by Crippen LogP contribution is 2.19. The lowest BCUT2D eigenvalue weighted by Crippen LogP contribution is -2.02. The van der Waals surface area contributed by atoms with Crippen LogP contribution in [-0.4, -0.2) is 20.9 Å². The molecule has 1 N–H and O–H groups in total. The molecule has 4 nitrogen and oxygen atoms in total. The predicted molar refractivity (Wildman–Crippen MR) is 60.2 cm³/mol. The van der Waals surface area contributed by atoms with Crippen molar-refractivity contribution in [3.05, 3.63) is 46.5 Å². The number of nitrogens with zero attached hydrogens (tertiary/aromatic N) is 2. The molecule has 0 unspecified atom stereocenters. The smallest absolute Gasteiger partial charge is 0.356 e. The maximum absolute atomic E-state index is 13.2. The van der Waals surface area contributed by atoms with E-state index in [0.717, 1.165) is 0 Å². The third-order valence-corrected chi connectivity index (χ3v) is 2.57. The molecule has 2 aromatic rings. The summed E-state index contributed by atoms with van der Waals surface area (Å²) in [4.78, 5) is 10.8. The van der Waals surface area contributed by atoms with Gasteiger partial charge < -0.3 is 5.11 Å². The van der Waals surface area contributed by atoms with Crippen molar-refractivity contribution in [2.75, 3.05) is 0 Å². The normalized spacial score (nSPS) is 10.5. The van der Waals surface area contributed by atoms with Gasteiger partial charge in [0.2, 0.25) is 0 Å². The molecule has 0 amide bonds. The standard InChI is InChI=1S/C11H8ClFN2O2/c1-6-5-15(14-10(6)11(16)17)7-2-3-8(12)9(13)4-7/h2-5H,1H3,(H,16,17). The molecule has 6 heteroatoms. The number of carboxylic acid groups (broad SMARTS) is 1. The maximum atomic E-state index is 13.2. The topological polar surface area (TPSA) is 55.1 Å². The summed E-state index contributed by atoms with van der Waals surface area (Å²) < 4.78 is 14.5. The Morgan fingerprint density at radius 1 is 1.53 bits per heavy atom. The first-order chi connectivity index (χ1) is 7.99. The lowest BCUT2D eigenvalue weighted by atomic mass is 10.3. The first kappa shape index (κ1) is 11.6. The van der Waals surface area contributed by atoms with Gasteiger partial charge in [-0.05, 0) is 19.1 Å². The van der Waals surface area contributed by atoms with Crippen LogP contribution in [-0.2, 0) is 0 Å². The summed E-state index contributed by atoms with van der Waals surface area (Å²) in [5.74, 6) is -1.69. The highest BCUT2D eigenvalue weighted by Gasteiger charge is 2.13. The molecule has 0 atom stereocenters. The van der Waals surface area contributed by atoms with Crippen LogP contribution in [0.15, 0.2) is 24.4 Å². The maximum Gasteiger partial charge on any atom is 0.356 e. The number of aryl methyl sites for hydroxylation is 1. The summed E-state index contributed by atoms with van der Waals surface area (Å²) in [5, 5.41) is 12.7. The van der Waals surface area contributed by atoms with E-state index in [1.165, 1.54) is 23.0 Å². The molecule has 0 bridgehead atoms. The van der Waals surface area contributed by atoms with E-state index >= 15 is 0 Å². The summed E-state index contributed by atoms with van der Waals surface area (Å²) in [6.45, 7) is 1.62. The number of aromatic nitrogens is 2. The summed E-state index contributed by atoms with van der Waals surface area (Å²) >= 11 is 5.56. The number of benzene rings is 1. The zero-order chi connectivity index (χ0) is 12.6. The van der Waals surface area contributed by atoms with Gasteiger partial charge in [0.1, 0.15) is 5.82 Å². The number of aromatic carboxylic acids is 1. The van der Waals surface area contributed by atoms with E-state index in [-0.39, 0.29) is 10.7 Å². The molecule has 88 valence electrons. The Morgan fingerprint density at radius 3 is 2.76 bits per heavy atom. The molecular formula is C11H8ClFN2O2. The molecule has 0 aliphatic heterocycles. The molecule has 0 saturated carbocycles. The molecule has 1 heterocycles. The van der Waals surface area contributed by atoms with Crippen molar-refractivity contribution in [2.24, 2.45) is 0 Å². The van der Waals surface area contributed by atoms with Crippen LogP contribution in [0.25, 0.3) is 5.69 Å². The molecule has 17 heavy (non-hydrogen) atoms. The van der Waals surface area contributed by atoms with Gasteiger partial charge in [-0.25, -0.2) is 13.9 Å². The third kappa shape index (κ3) is 2.14. The molecule has 2 rings (SSSR count). The van der Waals surface area contributed by atoms with E-state index in [0.29, 0.717) is 11.3 Å². The van der Waals surface area contributed by atoms with Crippen molar-refractivity contribution in [3.8, 4) is 5.69 Å². The molecule has 0 saturated heterocycles. The second-order valence-corrected chi connectivity index (χ2v) is 3.92. The van der Waals surface area contributed by atoms with Crippen LogP contribution in [0.5, 0.6) is 0 Å².